The van der Waals surface area contributed by atoms with Gasteiger partial charge in [0, 0.05) is 10.6 Å². The van der Waals surface area contributed by atoms with Gasteiger partial charge in [-0.15, -0.1) is 0 Å². The number of carbonyl (C=O) groups excluding carboxylic acids is 4. The van der Waals surface area contributed by atoms with Gasteiger partial charge in [-0.2, -0.15) is 5.01 Å². The maximum Gasteiger partial charge on any atom is 0.280 e. The Kier molecular flexibility index (Phi) is 6.41. The van der Waals surface area contributed by atoms with Crippen LogP contribution in [0.3, 0.4) is 0 Å². The molecule has 3 aromatic rings. The molecule has 0 unspecified atom stereocenters. The molecular formula is C25H18Cl2N2O5. The number of amides is 3. The zero-order valence-corrected chi connectivity index (χ0v) is 19.6. The van der Waals surface area contributed by atoms with E-state index in [0.29, 0.717) is 15.8 Å². The molecule has 1 aliphatic heterocycles. The van der Waals surface area contributed by atoms with Gasteiger partial charge in [-0.3, -0.25) is 19.2 Å². The number of ketones is 1. The maximum atomic E-state index is 13.7. The second-order valence-electron chi connectivity index (χ2n) is 7.51. The monoisotopic (exact) mass is 496 g/mol. The van der Waals surface area contributed by atoms with E-state index in [1.165, 1.54) is 56.5 Å². The molecule has 0 N–H and O–H groups in total. The summed E-state index contributed by atoms with van der Waals surface area (Å²) in [6.45, 7) is 1.44. The fourth-order valence-corrected chi connectivity index (χ4v) is 4.20. The highest BCUT2D eigenvalue weighted by molar-refractivity contribution is 6.37. The largest absolute Gasteiger partial charge is 0.497 e. The first-order chi connectivity index (χ1) is 16.2. The van der Waals surface area contributed by atoms with Gasteiger partial charge >= 0.3 is 0 Å². The minimum absolute atomic E-state index is 0.0167. The highest BCUT2D eigenvalue weighted by atomic mass is 35.5. The number of fused-ring (bicyclic) bond motifs is 1. The zero-order valence-electron chi connectivity index (χ0n) is 18.1. The summed E-state index contributed by atoms with van der Waals surface area (Å²) in [5.74, 6) is -2.17. The molecule has 0 bridgehead atoms. The van der Waals surface area contributed by atoms with Gasteiger partial charge < -0.3 is 4.74 Å². The summed E-state index contributed by atoms with van der Waals surface area (Å²) in [4.78, 5) is 53.4. The van der Waals surface area contributed by atoms with E-state index in [-0.39, 0.29) is 27.3 Å². The summed E-state index contributed by atoms with van der Waals surface area (Å²) >= 11 is 12.2. The molecule has 0 radical (unpaired) electrons. The van der Waals surface area contributed by atoms with Gasteiger partial charge in [0.25, 0.3) is 17.7 Å². The average Bonchev–Trinajstić information content (AvgIpc) is 3.09. The van der Waals surface area contributed by atoms with Crippen molar-refractivity contribution in [1.29, 1.82) is 0 Å². The average molecular weight is 497 g/mol. The zero-order chi connectivity index (χ0) is 24.6. The molecule has 0 spiro atoms. The molecule has 34 heavy (non-hydrogen) atoms. The first-order valence-electron chi connectivity index (χ1n) is 10.2. The standard InChI is InChI=1S/C25H18Cl2N2O5/c1-14(22(30)15-7-10-17(34-2)11-8-15)28(25(33)20-12-9-16(26)13-21(20)27)29-23(31)18-5-3-4-6-19(18)24(29)32/h3-14H,1-2H3/t14-/m0/s1. The van der Waals surface area contributed by atoms with Crippen molar-refractivity contribution in [3.05, 3.63) is 99.0 Å². The molecular weight excluding hydrogens is 479 g/mol. The summed E-state index contributed by atoms with van der Waals surface area (Å²) in [5, 5.41) is 1.87. The predicted molar refractivity (Wildman–Crippen MR) is 126 cm³/mol. The van der Waals surface area contributed by atoms with Crippen molar-refractivity contribution in [3.63, 3.8) is 0 Å². The van der Waals surface area contributed by atoms with E-state index < -0.39 is 29.5 Å². The third-order valence-corrected chi connectivity index (χ3v) is 6.03. The van der Waals surface area contributed by atoms with Gasteiger partial charge in [-0.05, 0) is 61.5 Å². The number of imide groups is 1. The van der Waals surface area contributed by atoms with Gasteiger partial charge in [-0.1, -0.05) is 35.3 Å². The van der Waals surface area contributed by atoms with E-state index >= 15 is 0 Å². The molecule has 0 aromatic heterocycles. The lowest BCUT2D eigenvalue weighted by atomic mass is 10.0. The van der Waals surface area contributed by atoms with Crippen molar-refractivity contribution in [2.24, 2.45) is 0 Å². The third-order valence-electron chi connectivity index (χ3n) is 5.48. The Morgan fingerprint density at radius 1 is 0.912 bits per heavy atom. The number of hydrazine groups is 1. The number of nitrogens with zero attached hydrogens (tertiary/aromatic N) is 2. The number of rotatable bonds is 6. The highest BCUT2D eigenvalue weighted by Crippen LogP contribution is 2.30. The Morgan fingerprint density at radius 3 is 2.03 bits per heavy atom. The quantitative estimate of drug-likeness (QED) is 0.357. The molecule has 9 heteroatoms. The number of ether oxygens (including phenoxy) is 1. The Labute approximate surface area is 205 Å². The summed E-state index contributed by atoms with van der Waals surface area (Å²) in [6, 6.07) is 15.5. The topological polar surface area (TPSA) is 84.0 Å². The summed E-state index contributed by atoms with van der Waals surface area (Å²) < 4.78 is 5.12. The lowest BCUT2D eigenvalue weighted by molar-refractivity contribution is -0.00680. The molecule has 4 rings (SSSR count). The number of methoxy groups -OCH3 is 1. The minimum atomic E-state index is -1.23. The third kappa shape index (κ3) is 4.04. The van der Waals surface area contributed by atoms with E-state index in [4.69, 9.17) is 27.9 Å². The SMILES string of the molecule is COc1ccc(C(=O)[C@H](C)N(C(=O)c2ccc(Cl)cc2Cl)N2C(=O)c3ccccc3C2=O)cc1. The van der Waals surface area contributed by atoms with Crippen molar-refractivity contribution in [3.8, 4) is 5.75 Å². The second kappa shape index (κ2) is 9.29. The van der Waals surface area contributed by atoms with Crippen LogP contribution in [0.1, 0.15) is 48.4 Å². The molecule has 0 fully saturated rings. The molecule has 1 aliphatic rings. The van der Waals surface area contributed by atoms with Crippen molar-refractivity contribution in [2.45, 2.75) is 13.0 Å². The Morgan fingerprint density at radius 2 is 1.50 bits per heavy atom. The lowest BCUT2D eigenvalue weighted by Gasteiger charge is -2.34. The van der Waals surface area contributed by atoms with E-state index in [0.717, 1.165) is 5.01 Å². The Bertz CT molecular complexity index is 1290. The summed E-state index contributed by atoms with van der Waals surface area (Å²) in [7, 11) is 1.50. The molecule has 3 amide bonds. The van der Waals surface area contributed by atoms with Crippen LogP contribution in [0.4, 0.5) is 0 Å². The molecule has 7 nitrogen and oxygen atoms in total. The van der Waals surface area contributed by atoms with E-state index in [1.54, 1.807) is 24.3 Å². The Balaban J connectivity index is 1.79. The fraction of sp³-hybridized carbons (Fsp3) is 0.120. The maximum absolute atomic E-state index is 13.7. The van der Waals surface area contributed by atoms with Gasteiger partial charge in [0.15, 0.2) is 5.78 Å². The van der Waals surface area contributed by atoms with Gasteiger partial charge in [0.05, 0.1) is 28.8 Å². The smallest absolute Gasteiger partial charge is 0.280 e. The number of carbonyl (C=O) groups is 4. The van der Waals surface area contributed by atoms with Crippen LogP contribution in [-0.2, 0) is 0 Å². The fourth-order valence-electron chi connectivity index (χ4n) is 3.71. The van der Waals surface area contributed by atoms with Crippen LogP contribution in [0.25, 0.3) is 0 Å². The number of hydrogen-bond acceptors (Lipinski definition) is 5. The van der Waals surface area contributed by atoms with Gasteiger partial charge in [0.1, 0.15) is 11.8 Å². The first-order valence-corrected chi connectivity index (χ1v) is 10.9. The van der Waals surface area contributed by atoms with Gasteiger partial charge in [-0.25, -0.2) is 5.01 Å². The number of benzene rings is 3. The van der Waals surface area contributed by atoms with Crippen molar-refractivity contribution in [1.82, 2.24) is 10.0 Å². The van der Waals surface area contributed by atoms with Crippen LogP contribution < -0.4 is 4.74 Å². The van der Waals surface area contributed by atoms with Crippen LogP contribution in [0, 0.1) is 0 Å². The van der Waals surface area contributed by atoms with Crippen molar-refractivity contribution >= 4 is 46.7 Å². The van der Waals surface area contributed by atoms with Crippen molar-refractivity contribution in [2.75, 3.05) is 7.11 Å². The summed E-state index contributed by atoms with van der Waals surface area (Å²) in [5.41, 5.74) is 0.523. The normalized spacial score (nSPS) is 13.5. The molecule has 0 saturated heterocycles. The molecule has 1 heterocycles. The number of hydrogen-bond donors (Lipinski definition) is 0. The number of halogens is 2. The van der Waals surface area contributed by atoms with Crippen LogP contribution in [-0.4, -0.2) is 46.7 Å². The molecule has 1 atom stereocenters. The van der Waals surface area contributed by atoms with E-state index in [2.05, 4.69) is 0 Å². The van der Waals surface area contributed by atoms with Crippen LogP contribution >= 0.6 is 23.2 Å². The predicted octanol–water partition coefficient (Wildman–Crippen LogP) is 4.93. The first kappa shape index (κ1) is 23.5. The van der Waals surface area contributed by atoms with Crippen LogP contribution in [0.15, 0.2) is 66.7 Å². The molecule has 0 saturated carbocycles. The lowest BCUT2D eigenvalue weighted by Crippen LogP contribution is -2.56. The Hall–Kier alpha value is -3.68. The number of Topliss-reactive ketones (excluding diaryl/α,β-unsaturated/α-hetero) is 1. The van der Waals surface area contributed by atoms with E-state index in [1.807, 2.05) is 0 Å². The van der Waals surface area contributed by atoms with Crippen LogP contribution in [0.2, 0.25) is 10.0 Å². The second-order valence-corrected chi connectivity index (χ2v) is 8.35. The molecule has 0 aliphatic carbocycles. The highest BCUT2D eigenvalue weighted by Gasteiger charge is 2.45. The van der Waals surface area contributed by atoms with Crippen LogP contribution in [0.5, 0.6) is 5.75 Å². The van der Waals surface area contributed by atoms with E-state index in [9.17, 15) is 19.2 Å². The molecule has 3 aromatic carbocycles. The van der Waals surface area contributed by atoms with Gasteiger partial charge in [0.2, 0.25) is 0 Å². The molecule has 172 valence electrons. The van der Waals surface area contributed by atoms with Crippen molar-refractivity contribution < 1.29 is 23.9 Å². The summed E-state index contributed by atoms with van der Waals surface area (Å²) in [6.07, 6.45) is 0. The minimum Gasteiger partial charge on any atom is -0.497 e.